The third-order valence-corrected chi connectivity index (χ3v) is 7.32. The standard InChI is InChI=1S/C26H19N3S2/c1-18-8-2-3-9-19(18)16-29-17-20(22-10-4-6-12-24(22)29)14-21(15-27)30-26-28-23-11-5-7-13-25(23)31-26/h2-14,17H,16H2,1H3/b21-14+. The highest BCUT2D eigenvalue weighted by Crippen LogP contribution is 2.35. The highest BCUT2D eigenvalue weighted by molar-refractivity contribution is 8.05. The van der Waals surface area contributed by atoms with Gasteiger partial charge >= 0.3 is 0 Å². The second kappa shape index (κ2) is 8.43. The van der Waals surface area contributed by atoms with Crippen LogP contribution in [-0.2, 0) is 6.54 Å². The van der Waals surface area contributed by atoms with Crippen LogP contribution in [0.5, 0.6) is 0 Å². The molecule has 3 aromatic carbocycles. The summed E-state index contributed by atoms with van der Waals surface area (Å²) in [6.45, 7) is 2.94. The Hall–Kier alpha value is -3.33. The average Bonchev–Trinajstić information content (AvgIpc) is 3.36. The van der Waals surface area contributed by atoms with Crippen LogP contribution in [0.2, 0.25) is 0 Å². The van der Waals surface area contributed by atoms with E-state index in [1.807, 2.05) is 30.3 Å². The van der Waals surface area contributed by atoms with Gasteiger partial charge in [0.25, 0.3) is 0 Å². The monoisotopic (exact) mass is 437 g/mol. The van der Waals surface area contributed by atoms with Crippen molar-refractivity contribution in [2.24, 2.45) is 0 Å². The summed E-state index contributed by atoms with van der Waals surface area (Å²) in [5, 5.41) is 11.0. The first-order valence-corrected chi connectivity index (χ1v) is 11.6. The first kappa shape index (κ1) is 19.6. The quantitative estimate of drug-likeness (QED) is 0.214. The van der Waals surface area contributed by atoms with Gasteiger partial charge in [0.15, 0.2) is 4.34 Å². The van der Waals surface area contributed by atoms with Crippen molar-refractivity contribution < 1.29 is 0 Å². The molecule has 0 bridgehead atoms. The van der Waals surface area contributed by atoms with Crippen LogP contribution in [-0.4, -0.2) is 9.55 Å². The Morgan fingerprint density at radius 3 is 2.68 bits per heavy atom. The molecule has 5 rings (SSSR count). The summed E-state index contributed by atoms with van der Waals surface area (Å²) in [6, 6.07) is 27.2. The Labute approximate surface area is 189 Å². The Morgan fingerprint density at radius 1 is 1.06 bits per heavy atom. The van der Waals surface area contributed by atoms with Gasteiger partial charge in [-0.3, -0.25) is 0 Å². The number of hydrogen-bond acceptors (Lipinski definition) is 4. The van der Waals surface area contributed by atoms with E-state index in [9.17, 15) is 5.26 Å². The normalized spacial score (nSPS) is 11.8. The van der Waals surface area contributed by atoms with Gasteiger partial charge in [-0.15, -0.1) is 11.3 Å². The van der Waals surface area contributed by atoms with Crippen LogP contribution in [0, 0.1) is 18.3 Å². The van der Waals surface area contributed by atoms with E-state index in [4.69, 9.17) is 0 Å². The van der Waals surface area contributed by atoms with Crippen LogP contribution in [0.1, 0.15) is 16.7 Å². The molecule has 0 N–H and O–H groups in total. The van der Waals surface area contributed by atoms with Crippen LogP contribution in [0.3, 0.4) is 0 Å². The molecule has 0 amide bonds. The average molecular weight is 438 g/mol. The van der Waals surface area contributed by atoms with Gasteiger partial charge < -0.3 is 4.57 Å². The van der Waals surface area contributed by atoms with Crippen LogP contribution >= 0.6 is 23.1 Å². The highest BCUT2D eigenvalue weighted by Gasteiger charge is 2.11. The van der Waals surface area contributed by atoms with E-state index in [0.717, 1.165) is 32.1 Å². The Balaban J connectivity index is 1.52. The summed E-state index contributed by atoms with van der Waals surface area (Å²) in [5.74, 6) is 0. The summed E-state index contributed by atoms with van der Waals surface area (Å²) in [6.07, 6.45) is 4.13. The fraction of sp³-hybridized carbons (Fsp3) is 0.0769. The Morgan fingerprint density at radius 2 is 1.84 bits per heavy atom. The van der Waals surface area contributed by atoms with Gasteiger partial charge in [0.1, 0.15) is 6.07 Å². The first-order valence-electron chi connectivity index (χ1n) is 9.99. The third-order valence-electron chi connectivity index (χ3n) is 5.29. The molecule has 0 aliphatic heterocycles. The SMILES string of the molecule is Cc1ccccc1Cn1cc(/C=C(\C#N)Sc2nc3ccccc3s2)c2ccccc21. The number of nitrogens with zero attached hydrogens (tertiary/aromatic N) is 3. The fourth-order valence-corrected chi connectivity index (χ4v) is 5.67. The van der Waals surface area contributed by atoms with Crippen molar-refractivity contribution in [3.63, 3.8) is 0 Å². The number of aromatic nitrogens is 2. The zero-order valence-electron chi connectivity index (χ0n) is 16.9. The lowest BCUT2D eigenvalue weighted by Gasteiger charge is -2.08. The second-order valence-electron chi connectivity index (χ2n) is 7.33. The number of para-hydroxylation sites is 2. The van der Waals surface area contributed by atoms with Gasteiger partial charge in [-0.05, 0) is 54.1 Å². The number of thiazole rings is 1. The summed E-state index contributed by atoms with van der Waals surface area (Å²) in [5.41, 5.74) is 5.76. The van der Waals surface area contributed by atoms with Gasteiger partial charge in [-0.25, -0.2) is 4.98 Å². The number of allylic oxidation sites excluding steroid dienone is 1. The topological polar surface area (TPSA) is 41.6 Å². The minimum atomic E-state index is 0.637. The van der Waals surface area contributed by atoms with E-state index in [2.05, 4.69) is 77.3 Å². The number of aryl methyl sites for hydroxylation is 1. The molecule has 0 radical (unpaired) electrons. The van der Waals surface area contributed by atoms with Gasteiger partial charge in [0.2, 0.25) is 0 Å². The van der Waals surface area contributed by atoms with Crippen LogP contribution in [0.4, 0.5) is 0 Å². The maximum absolute atomic E-state index is 9.80. The van der Waals surface area contributed by atoms with Crippen LogP contribution in [0.25, 0.3) is 27.2 Å². The van der Waals surface area contributed by atoms with Crippen molar-refractivity contribution in [1.82, 2.24) is 9.55 Å². The van der Waals surface area contributed by atoms with Crippen LogP contribution in [0.15, 0.2) is 88.2 Å². The van der Waals surface area contributed by atoms with Crippen molar-refractivity contribution >= 4 is 50.3 Å². The number of rotatable bonds is 5. The molecule has 0 fully saturated rings. The van der Waals surface area contributed by atoms with E-state index in [1.165, 1.54) is 28.4 Å². The smallest absolute Gasteiger partial charge is 0.156 e. The zero-order chi connectivity index (χ0) is 21.2. The summed E-state index contributed by atoms with van der Waals surface area (Å²) < 4.78 is 4.29. The number of benzene rings is 3. The van der Waals surface area contributed by atoms with Gasteiger partial charge in [0.05, 0.1) is 15.1 Å². The molecule has 5 aromatic rings. The molecule has 2 aromatic heterocycles. The Kier molecular flexibility index (Phi) is 5.33. The minimum absolute atomic E-state index is 0.637. The van der Waals surface area contributed by atoms with Crippen molar-refractivity contribution in [2.75, 3.05) is 0 Å². The predicted molar refractivity (Wildman–Crippen MR) is 131 cm³/mol. The summed E-state index contributed by atoms with van der Waals surface area (Å²) >= 11 is 3.05. The summed E-state index contributed by atoms with van der Waals surface area (Å²) in [4.78, 5) is 5.30. The van der Waals surface area contributed by atoms with E-state index in [1.54, 1.807) is 11.3 Å². The molecule has 0 aliphatic carbocycles. The zero-order valence-corrected chi connectivity index (χ0v) is 18.6. The number of thioether (sulfide) groups is 1. The molecule has 0 saturated carbocycles. The lowest BCUT2D eigenvalue weighted by molar-refractivity contribution is 0.830. The van der Waals surface area contributed by atoms with Gasteiger partial charge in [-0.2, -0.15) is 5.26 Å². The lowest BCUT2D eigenvalue weighted by Crippen LogP contribution is -1.99. The summed E-state index contributed by atoms with van der Waals surface area (Å²) in [7, 11) is 0. The lowest BCUT2D eigenvalue weighted by atomic mass is 10.1. The van der Waals surface area contributed by atoms with E-state index in [0.29, 0.717) is 4.91 Å². The second-order valence-corrected chi connectivity index (χ2v) is 9.65. The molecule has 0 saturated heterocycles. The van der Waals surface area contributed by atoms with Crippen molar-refractivity contribution in [3.05, 3.63) is 101 Å². The molecule has 2 heterocycles. The van der Waals surface area contributed by atoms with Gasteiger partial charge in [-0.1, -0.05) is 54.6 Å². The molecule has 0 spiro atoms. The van der Waals surface area contributed by atoms with Crippen molar-refractivity contribution in [2.45, 2.75) is 17.8 Å². The van der Waals surface area contributed by atoms with Gasteiger partial charge in [0, 0.05) is 29.2 Å². The molecular formula is C26H19N3S2. The molecule has 31 heavy (non-hydrogen) atoms. The maximum Gasteiger partial charge on any atom is 0.156 e. The van der Waals surface area contributed by atoms with Crippen LogP contribution < -0.4 is 0 Å². The molecular weight excluding hydrogens is 418 g/mol. The molecule has 150 valence electrons. The first-order chi connectivity index (χ1) is 15.2. The number of hydrogen-bond donors (Lipinski definition) is 0. The predicted octanol–water partition coefficient (Wildman–Crippen LogP) is 7.26. The highest BCUT2D eigenvalue weighted by atomic mass is 32.2. The fourth-order valence-electron chi connectivity index (χ4n) is 3.71. The van der Waals surface area contributed by atoms with Crippen molar-refractivity contribution in [1.29, 1.82) is 5.26 Å². The largest absolute Gasteiger partial charge is 0.342 e. The molecule has 5 heteroatoms. The Bertz CT molecular complexity index is 1430. The number of nitriles is 1. The van der Waals surface area contributed by atoms with E-state index < -0.39 is 0 Å². The third kappa shape index (κ3) is 4.00. The van der Waals surface area contributed by atoms with E-state index in [-0.39, 0.29) is 0 Å². The maximum atomic E-state index is 9.80. The molecule has 0 aliphatic rings. The minimum Gasteiger partial charge on any atom is -0.342 e. The molecule has 0 unspecified atom stereocenters. The molecule has 0 atom stereocenters. The molecule has 3 nitrogen and oxygen atoms in total. The van der Waals surface area contributed by atoms with E-state index >= 15 is 0 Å². The van der Waals surface area contributed by atoms with Crippen molar-refractivity contribution in [3.8, 4) is 6.07 Å². The number of fused-ring (bicyclic) bond motifs is 2.